The van der Waals surface area contributed by atoms with Crippen LogP contribution in [0.1, 0.15) is 10.4 Å². The van der Waals surface area contributed by atoms with Crippen molar-refractivity contribution in [2.75, 3.05) is 7.05 Å². The monoisotopic (exact) mass is 294 g/mol. The highest BCUT2D eigenvalue weighted by atomic mass is 79.9. The molecule has 0 saturated heterocycles. The molecule has 0 fully saturated rings. The number of carbonyl (C=O) groups excluding carboxylic acids is 1. The van der Waals surface area contributed by atoms with E-state index in [1.54, 1.807) is 0 Å². The summed E-state index contributed by atoms with van der Waals surface area (Å²) in [5.41, 5.74) is 0.145. The number of nitrogens with zero attached hydrogens (tertiary/aromatic N) is 1. The van der Waals surface area contributed by atoms with Crippen LogP contribution in [0.3, 0.4) is 0 Å². The van der Waals surface area contributed by atoms with Gasteiger partial charge in [-0.25, -0.2) is 0 Å². The van der Waals surface area contributed by atoms with Gasteiger partial charge in [0.15, 0.2) is 0 Å². The lowest BCUT2D eigenvalue weighted by atomic mass is 10.2. The molecule has 0 aromatic heterocycles. The third kappa shape index (κ3) is 3.49. The molecule has 1 amide bonds. The maximum absolute atomic E-state index is 11.2. The van der Waals surface area contributed by atoms with Gasteiger partial charge in [0.25, 0.3) is 11.6 Å². The fourth-order valence-electron chi connectivity index (χ4n) is 0.955. The Balaban J connectivity index is 0.00000196. The van der Waals surface area contributed by atoms with Gasteiger partial charge in [0.2, 0.25) is 0 Å². The summed E-state index contributed by atoms with van der Waals surface area (Å²) in [6, 6.07) is 4.09. The van der Waals surface area contributed by atoms with Crippen LogP contribution in [0, 0.1) is 10.1 Å². The number of carbonyl (C=O) groups is 1. The smallest absolute Gasteiger partial charge is 0.271 e. The van der Waals surface area contributed by atoms with Crippen LogP contribution in [-0.2, 0) is 0 Å². The van der Waals surface area contributed by atoms with Crippen molar-refractivity contribution < 1.29 is 9.72 Å². The summed E-state index contributed by atoms with van der Waals surface area (Å²) in [5.74, 6) is -0.352. The van der Waals surface area contributed by atoms with Gasteiger partial charge in [-0.05, 0) is 6.07 Å². The molecule has 0 aliphatic heterocycles. The van der Waals surface area contributed by atoms with Gasteiger partial charge in [-0.15, -0.1) is 12.4 Å². The van der Waals surface area contributed by atoms with Gasteiger partial charge >= 0.3 is 0 Å². The molecule has 82 valence electrons. The Morgan fingerprint density at radius 2 is 2.07 bits per heavy atom. The van der Waals surface area contributed by atoms with E-state index in [9.17, 15) is 14.9 Å². The number of amides is 1. The molecule has 0 saturated carbocycles. The maximum Gasteiger partial charge on any atom is 0.271 e. The van der Waals surface area contributed by atoms with Crippen molar-refractivity contribution in [3.05, 3.63) is 38.3 Å². The van der Waals surface area contributed by atoms with Gasteiger partial charge in [-0.1, -0.05) is 15.9 Å². The Morgan fingerprint density at radius 1 is 1.47 bits per heavy atom. The standard InChI is InChI=1S/C8H7BrN2O3.ClH/c1-10-8(12)5-2-6(9)4-7(3-5)11(13)14;/h2-4H,1H3,(H,10,12);1H. The number of nitrogens with one attached hydrogen (secondary N) is 1. The third-order valence-corrected chi connectivity index (χ3v) is 2.04. The number of rotatable bonds is 2. The van der Waals surface area contributed by atoms with Crippen molar-refractivity contribution in [3.8, 4) is 0 Å². The first-order valence-electron chi connectivity index (χ1n) is 3.71. The molecule has 1 N–H and O–H groups in total. The summed E-state index contributed by atoms with van der Waals surface area (Å²) in [6.07, 6.45) is 0. The van der Waals surface area contributed by atoms with Crippen molar-refractivity contribution in [2.45, 2.75) is 0 Å². The highest BCUT2D eigenvalue weighted by molar-refractivity contribution is 9.10. The van der Waals surface area contributed by atoms with Crippen molar-refractivity contribution >= 4 is 39.9 Å². The largest absolute Gasteiger partial charge is 0.355 e. The topological polar surface area (TPSA) is 72.2 Å². The Hall–Kier alpha value is -1.14. The number of hydrogen-bond donors (Lipinski definition) is 1. The van der Waals surface area contributed by atoms with Gasteiger partial charge in [0.1, 0.15) is 0 Å². The van der Waals surface area contributed by atoms with Gasteiger partial charge in [0, 0.05) is 29.2 Å². The second-order valence-corrected chi connectivity index (χ2v) is 3.45. The molecular weight excluding hydrogens is 287 g/mol. The van der Waals surface area contributed by atoms with Gasteiger partial charge in [0.05, 0.1) is 4.92 Å². The lowest BCUT2D eigenvalue weighted by Crippen LogP contribution is -2.17. The molecule has 1 aromatic carbocycles. The fourth-order valence-corrected chi connectivity index (χ4v) is 1.44. The average Bonchev–Trinajstić information content (AvgIpc) is 2.15. The number of benzene rings is 1. The van der Waals surface area contributed by atoms with Crippen LogP contribution in [0.25, 0.3) is 0 Å². The number of hydrogen-bond acceptors (Lipinski definition) is 3. The second kappa shape index (κ2) is 5.67. The molecule has 0 radical (unpaired) electrons. The van der Waals surface area contributed by atoms with Crippen molar-refractivity contribution in [2.24, 2.45) is 0 Å². The fraction of sp³-hybridized carbons (Fsp3) is 0.125. The van der Waals surface area contributed by atoms with Crippen LogP contribution in [0.5, 0.6) is 0 Å². The van der Waals surface area contributed by atoms with Crippen LogP contribution in [-0.4, -0.2) is 17.9 Å². The van der Waals surface area contributed by atoms with E-state index in [0.717, 1.165) is 0 Å². The maximum atomic E-state index is 11.2. The first-order valence-corrected chi connectivity index (χ1v) is 4.51. The molecule has 0 bridgehead atoms. The Bertz CT molecular complexity index is 397. The number of halogens is 2. The van der Waals surface area contributed by atoms with Crippen molar-refractivity contribution in [3.63, 3.8) is 0 Å². The molecule has 0 heterocycles. The van der Waals surface area contributed by atoms with E-state index in [-0.39, 0.29) is 29.6 Å². The predicted octanol–water partition coefficient (Wildman–Crippen LogP) is 2.14. The first kappa shape index (κ1) is 13.9. The normalized spacial score (nSPS) is 8.93. The van der Waals surface area contributed by atoms with Crippen LogP contribution in [0.2, 0.25) is 0 Å². The summed E-state index contributed by atoms with van der Waals surface area (Å²) < 4.78 is 0.505. The lowest BCUT2D eigenvalue weighted by Gasteiger charge is -2.00. The molecule has 0 atom stereocenters. The zero-order chi connectivity index (χ0) is 10.7. The van der Waals surface area contributed by atoms with Crippen LogP contribution in [0.15, 0.2) is 22.7 Å². The van der Waals surface area contributed by atoms with E-state index >= 15 is 0 Å². The van der Waals surface area contributed by atoms with Crippen LogP contribution < -0.4 is 5.32 Å². The Morgan fingerprint density at radius 3 is 2.53 bits per heavy atom. The Kier molecular flexibility index (Phi) is 5.24. The second-order valence-electron chi connectivity index (χ2n) is 2.53. The SMILES string of the molecule is CNC(=O)c1cc(Br)cc([N+](=O)[O-])c1.Cl. The summed E-state index contributed by atoms with van der Waals surface area (Å²) >= 11 is 3.09. The molecule has 1 aromatic rings. The van der Waals surface area contributed by atoms with E-state index < -0.39 is 4.92 Å². The van der Waals surface area contributed by atoms with Crippen LogP contribution >= 0.6 is 28.3 Å². The highest BCUT2D eigenvalue weighted by Crippen LogP contribution is 2.21. The summed E-state index contributed by atoms with van der Waals surface area (Å²) in [6.45, 7) is 0. The summed E-state index contributed by atoms with van der Waals surface area (Å²) in [5, 5.41) is 12.9. The minimum Gasteiger partial charge on any atom is -0.355 e. The molecular formula is C8H8BrClN2O3. The molecule has 15 heavy (non-hydrogen) atoms. The summed E-state index contributed by atoms with van der Waals surface area (Å²) in [4.78, 5) is 21.1. The van der Waals surface area contributed by atoms with Crippen molar-refractivity contribution in [1.82, 2.24) is 5.32 Å². The lowest BCUT2D eigenvalue weighted by molar-refractivity contribution is -0.385. The van der Waals surface area contributed by atoms with E-state index in [1.165, 1.54) is 25.2 Å². The third-order valence-electron chi connectivity index (χ3n) is 1.58. The number of nitro benzene ring substituents is 1. The molecule has 5 nitrogen and oxygen atoms in total. The van der Waals surface area contributed by atoms with Crippen LogP contribution in [0.4, 0.5) is 5.69 Å². The quantitative estimate of drug-likeness (QED) is 0.671. The van der Waals surface area contributed by atoms with Crippen molar-refractivity contribution in [1.29, 1.82) is 0 Å². The highest BCUT2D eigenvalue weighted by Gasteiger charge is 2.12. The van der Waals surface area contributed by atoms with E-state index in [0.29, 0.717) is 4.47 Å². The van der Waals surface area contributed by atoms with E-state index in [4.69, 9.17) is 0 Å². The molecule has 1 rings (SSSR count). The van der Waals surface area contributed by atoms with Gasteiger partial charge < -0.3 is 5.32 Å². The Labute approximate surface area is 101 Å². The minimum atomic E-state index is -0.544. The average molecular weight is 296 g/mol. The molecule has 0 aliphatic rings. The minimum absolute atomic E-state index is 0. The molecule has 0 aliphatic carbocycles. The predicted molar refractivity (Wildman–Crippen MR) is 61.4 cm³/mol. The summed E-state index contributed by atoms with van der Waals surface area (Å²) in [7, 11) is 1.47. The van der Waals surface area contributed by atoms with Gasteiger partial charge in [-0.2, -0.15) is 0 Å². The molecule has 0 unspecified atom stereocenters. The zero-order valence-electron chi connectivity index (χ0n) is 7.69. The van der Waals surface area contributed by atoms with Gasteiger partial charge in [-0.3, -0.25) is 14.9 Å². The van der Waals surface area contributed by atoms with E-state index in [1.807, 2.05) is 0 Å². The number of non-ortho nitro benzene ring substituents is 1. The zero-order valence-corrected chi connectivity index (χ0v) is 10.1. The number of nitro groups is 1. The molecule has 7 heteroatoms. The van der Waals surface area contributed by atoms with E-state index in [2.05, 4.69) is 21.2 Å². The molecule has 0 spiro atoms. The first-order chi connectivity index (χ1) is 6.54.